The second-order valence-corrected chi connectivity index (χ2v) is 5.42. The minimum atomic E-state index is 0.130. The van der Waals surface area contributed by atoms with Gasteiger partial charge in [0, 0.05) is 19.1 Å². The predicted molar refractivity (Wildman–Crippen MR) is 77.7 cm³/mol. The summed E-state index contributed by atoms with van der Waals surface area (Å²) in [5, 5.41) is 2.90. The van der Waals surface area contributed by atoms with Crippen LogP contribution in [0.15, 0.2) is 30.3 Å². The molecule has 1 N–H and O–H groups in total. The van der Waals surface area contributed by atoms with Gasteiger partial charge in [-0.1, -0.05) is 30.3 Å². The second kappa shape index (κ2) is 6.71. The van der Waals surface area contributed by atoms with Crippen molar-refractivity contribution in [2.75, 3.05) is 13.1 Å². The summed E-state index contributed by atoms with van der Waals surface area (Å²) in [6.45, 7) is 6.27. The smallest absolute Gasteiger partial charge is 0.234 e. The molecule has 1 saturated carbocycles. The summed E-state index contributed by atoms with van der Waals surface area (Å²) in [7, 11) is 0. The Balaban J connectivity index is 1.99. The number of carbonyl (C=O) groups excluding carboxylic acids is 1. The highest BCUT2D eigenvalue weighted by molar-refractivity contribution is 5.77. The van der Waals surface area contributed by atoms with Gasteiger partial charge in [0.1, 0.15) is 0 Å². The lowest BCUT2D eigenvalue weighted by atomic mass is 10.1. The fourth-order valence-corrected chi connectivity index (χ4v) is 2.48. The molecule has 1 aliphatic rings. The van der Waals surface area contributed by atoms with Crippen LogP contribution in [0.3, 0.4) is 0 Å². The number of amides is 1. The predicted octanol–water partition coefficient (Wildman–Crippen LogP) is 2.42. The molecule has 19 heavy (non-hydrogen) atoms. The Hall–Kier alpha value is -1.35. The molecule has 0 saturated heterocycles. The molecule has 3 nitrogen and oxygen atoms in total. The van der Waals surface area contributed by atoms with Crippen LogP contribution in [0.1, 0.15) is 32.3 Å². The monoisotopic (exact) mass is 260 g/mol. The lowest BCUT2D eigenvalue weighted by Crippen LogP contribution is -2.42. The van der Waals surface area contributed by atoms with E-state index in [2.05, 4.69) is 41.4 Å². The van der Waals surface area contributed by atoms with E-state index >= 15 is 0 Å². The lowest BCUT2D eigenvalue weighted by Gasteiger charge is -2.28. The van der Waals surface area contributed by atoms with E-state index in [1.165, 1.54) is 18.4 Å². The summed E-state index contributed by atoms with van der Waals surface area (Å²) in [6.07, 6.45) is 2.61. The number of hydrogen-bond donors (Lipinski definition) is 1. The molecule has 1 atom stereocenters. The summed E-state index contributed by atoms with van der Waals surface area (Å²) >= 11 is 0. The first-order chi connectivity index (χ1) is 9.20. The minimum Gasteiger partial charge on any atom is -0.355 e. The molecular weight excluding hydrogens is 236 g/mol. The lowest BCUT2D eigenvalue weighted by molar-refractivity contribution is -0.122. The van der Waals surface area contributed by atoms with Gasteiger partial charge in [-0.15, -0.1) is 0 Å². The van der Waals surface area contributed by atoms with E-state index in [9.17, 15) is 4.79 Å². The van der Waals surface area contributed by atoms with Gasteiger partial charge in [-0.2, -0.15) is 0 Å². The van der Waals surface area contributed by atoms with Crippen LogP contribution in [0.5, 0.6) is 0 Å². The molecule has 104 valence electrons. The van der Waals surface area contributed by atoms with Crippen molar-refractivity contribution in [3.8, 4) is 0 Å². The Kier molecular flexibility index (Phi) is 4.97. The van der Waals surface area contributed by atoms with Crippen LogP contribution in [0.4, 0.5) is 0 Å². The molecule has 1 aromatic carbocycles. The number of nitrogens with one attached hydrogen (secondary N) is 1. The van der Waals surface area contributed by atoms with E-state index in [4.69, 9.17) is 0 Å². The Bertz CT molecular complexity index is 400. The van der Waals surface area contributed by atoms with Crippen molar-refractivity contribution in [2.24, 2.45) is 5.92 Å². The summed E-state index contributed by atoms with van der Waals surface area (Å²) in [5.74, 6) is 0.907. The Morgan fingerprint density at radius 3 is 2.63 bits per heavy atom. The first-order valence-electron chi connectivity index (χ1n) is 7.25. The van der Waals surface area contributed by atoms with Crippen LogP contribution < -0.4 is 5.32 Å². The van der Waals surface area contributed by atoms with Crippen LogP contribution >= 0.6 is 0 Å². The number of rotatable bonds is 7. The molecule has 1 aromatic rings. The van der Waals surface area contributed by atoms with E-state index in [1.54, 1.807) is 0 Å². The van der Waals surface area contributed by atoms with Gasteiger partial charge in [-0.3, -0.25) is 9.69 Å². The first kappa shape index (κ1) is 14.1. The van der Waals surface area contributed by atoms with Gasteiger partial charge < -0.3 is 5.32 Å². The molecular formula is C16H24N2O. The first-order valence-corrected chi connectivity index (χ1v) is 7.25. The maximum absolute atomic E-state index is 11.8. The molecule has 0 heterocycles. The number of hydrogen-bond acceptors (Lipinski definition) is 2. The molecule has 0 spiro atoms. The van der Waals surface area contributed by atoms with Crippen molar-refractivity contribution in [1.82, 2.24) is 10.2 Å². The Morgan fingerprint density at radius 1 is 1.37 bits per heavy atom. The number of carbonyl (C=O) groups is 1. The zero-order valence-corrected chi connectivity index (χ0v) is 11.9. The maximum atomic E-state index is 11.8. The highest BCUT2D eigenvalue weighted by Gasteiger charge is 2.32. The van der Waals surface area contributed by atoms with Gasteiger partial charge in [-0.05, 0) is 38.2 Å². The Labute approximate surface area is 116 Å². The van der Waals surface area contributed by atoms with Crippen molar-refractivity contribution in [3.05, 3.63) is 35.9 Å². The normalized spacial score (nSPS) is 16.4. The second-order valence-electron chi connectivity index (χ2n) is 5.42. The highest BCUT2D eigenvalue weighted by atomic mass is 16.2. The summed E-state index contributed by atoms with van der Waals surface area (Å²) in [5.41, 5.74) is 1.28. The van der Waals surface area contributed by atoms with E-state index in [1.807, 2.05) is 13.0 Å². The minimum absolute atomic E-state index is 0.130. The quantitative estimate of drug-likeness (QED) is 0.816. The Morgan fingerprint density at radius 2 is 2.05 bits per heavy atom. The summed E-state index contributed by atoms with van der Waals surface area (Å²) < 4.78 is 0. The molecule has 0 aromatic heterocycles. The number of likely N-dealkylation sites (N-methyl/N-ethyl adjacent to an activating group) is 1. The van der Waals surface area contributed by atoms with Gasteiger partial charge in [0.05, 0.1) is 6.54 Å². The van der Waals surface area contributed by atoms with Crippen LogP contribution in [0, 0.1) is 5.92 Å². The molecule has 0 bridgehead atoms. The van der Waals surface area contributed by atoms with Gasteiger partial charge >= 0.3 is 0 Å². The van der Waals surface area contributed by atoms with Crippen molar-refractivity contribution in [3.63, 3.8) is 0 Å². The third-order valence-corrected chi connectivity index (χ3v) is 3.83. The van der Waals surface area contributed by atoms with E-state index in [0.717, 1.165) is 12.5 Å². The van der Waals surface area contributed by atoms with Gasteiger partial charge in [-0.25, -0.2) is 0 Å². The van der Waals surface area contributed by atoms with Crippen molar-refractivity contribution in [1.29, 1.82) is 0 Å². The van der Waals surface area contributed by atoms with Crippen LogP contribution in [0.2, 0.25) is 0 Å². The molecule has 1 amide bonds. The fraction of sp³-hybridized carbons (Fsp3) is 0.562. The molecule has 2 rings (SSSR count). The van der Waals surface area contributed by atoms with E-state index in [0.29, 0.717) is 19.1 Å². The van der Waals surface area contributed by atoms with Gasteiger partial charge in [0.2, 0.25) is 5.91 Å². The highest BCUT2D eigenvalue weighted by Crippen LogP contribution is 2.35. The van der Waals surface area contributed by atoms with E-state index in [-0.39, 0.29) is 5.91 Å². The zero-order valence-electron chi connectivity index (χ0n) is 11.9. The molecule has 1 aliphatic carbocycles. The van der Waals surface area contributed by atoms with Crippen molar-refractivity contribution in [2.45, 2.75) is 39.3 Å². The molecule has 3 heteroatoms. The van der Waals surface area contributed by atoms with Crippen LogP contribution in [0.25, 0.3) is 0 Å². The topological polar surface area (TPSA) is 32.3 Å². The van der Waals surface area contributed by atoms with Crippen molar-refractivity contribution < 1.29 is 4.79 Å². The van der Waals surface area contributed by atoms with Crippen molar-refractivity contribution >= 4 is 5.91 Å². The third-order valence-electron chi connectivity index (χ3n) is 3.83. The molecule has 1 fully saturated rings. The average Bonchev–Trinajstić information content (AvgIpc) is 3.23. The third kappa shape index (κ3) is 4.35. The van der Waals surface area contributed by atoms with Crippen LogP contribution in [-0.2, 0) is 11.3 Å². The fourth-order valence-electron chi connectivity index (χ4n) is 2.48. The number of benzene rings is 1. The number of nitrogens with zero attached hydrogens (tertiary/aromatic N) is 1. The average molecular weight is 260 g/mol. The van der Waals surface area contributed by atoms with Crippen LogP contribution in [-0.4, -0.2) is 29.9 Å². The van der Waals surface area contributed by atoms with Gasteiger partial charge in [0.25, 0.3) is 0 Å². The zero-order chi connectivity index (χ0) is 13.7. The van der Waals surface area contributed by atoms with E-state index < -0.39 is 0 Å². The summed E-state index contributed by atoms with van der Waals surface area (Å²) in [4.78, 5) is 14.1. The standard InChI is InChI=1S/C16H24N2O/c1-3-17-16(19)12-18(13(2)15-9-10-15)11-14-7-5-4-6-8-14/h4-8,13,15H,3,9-12H2,1-2H3,(H,17,19). The molecule has 1 unspecified atom stereocenters. The maximum Gasteiger partial charge on any atom is 0.234 e. The molecule has 0 radical (unpaired) electrons. The summed E-state index contributed by atoms with van der Waals surface area (Å²) in [6, 6.07) is 10.9. The molecule has 0 aliphatic heterocycles. The largest absolute Gasteiger partial charge is 0.355 e. The SMILES string of the molecule is CCNC(=O)CN(Cc1ccccc1)C(C)C1CC1. The van der Waals surface area contributed by atoms with Gasteiger partial charge in [0.15, 0.2) is 0 Å².